The fraction of sp³-hybridized carbons (Fsp3) is 0.716. The van der Waals surface area contributed by atoms with Crippen LogP contribution >= 0.6 is 0 Å². The number of benzene rings is 1. The van der Waals surface area contributed by atoms with Crippen molar-refractivity contribution < 1.29 is 167 Å². The second-order valence-electron chi connectivity index (χ2n) is 24.4. The highest BCUT2D eigenvalue weighted by Gasteiger charge is 2.54. The molecule has 3 aliphatic heterocycles. The van der Waals surface area contributed by atoms with Gasteiger partial charge in [-0.3, -0.25) is 62.3 Å². The highest BCUT2D eigenvalue weighted by Crippen LogP contribution is 2.40. The fourth-order valence-electron chi connectivity index (χ4n) is 11.5. The summed E-state index contributed by atoms with van der Waals surface area (Å²) in [5, 5.41) is 21.1. The molecule has 0 spiro atoms. The number of ether oxygens (including phenoxy) is 21. The molecule has 0 bridgehead atoms. The fourth-order valence-corrected chi connectivity index (χ4v) is 11.5. The lowest BCUT2D eigenvalue weighted by atomic mass is 9.93. The van der Waals surface area contributed by atoms with Crippen molar-refractivity contribution in [1.82, 2.24) is 21.3 Å². The van der Waals surface area contributed by atoms with E-state index >= 15 is 0 Å². The van der Waals surface area contributed by atoms with E-state index in [1.54, 1.807) is 0 Å². The van der Waals surface area contributed by atoms with Crippen molar-refractivity contribution in [2.24, 2.45) is 0 Å². The van der Waals surface area contributed by atoms with Crippen molar-refractivity contribution in [1.29, 1.82) is 0 Å². The molecular formula is C67H98N4O35. The van der Waals surface area contributed by atoms with Gasteiger partial charge in [0.2, 0.25) is 23.5 Å². The van der Waals surface area contributed by atoms with Gasteiger partial charge >= 0.3 is 53.7 Å². The molecule has 1 saturated carbocycles. The number of amides is 4. The minimum absolute atomic E-state index is 0.0423. The zero-order chi connectivity index (χ0) is 78.2. The molecule has 0 radical (unpaired) electrons. The Hall–Kier alpha value is -8.67. The van der Waals surface area contributed by atoms with Crippen LogP contribution in [0.15, 0.2) is 12.1 Å². The Morgan fingerprint density at radius 1 is 0.358 bits per heavy atom. The first-order valence-electron chi connectivity index (χ1n) is 34.1. The van der Waals surface area contributed by atoms with Crippen LogP contribution in [0.25, 0.3) is 0 Å². The molecule has 3 saturated heterocycles. The highest BCUT2D eigenvalue weighted by molar-refractivity contribution is 5.96. The molecule has 39 heteroatoms. The average Bonchev–Trinajstić information content (AvgIpc) is 0.784. The van der Waals surface area contributed by atoms with Crippen molar-refractivity contribution in [2.75, 3.05) is 99.1 Å². The Kier molecular flexibility index (Phi) is 37.4. The highest BCUT2D eigenvalue weighted by atomic mass is 16.7. The summed E-state index contributed by atoms with van der Waals surface area (Å²) < 4.78 is 121. The van der Waals surface area contributed by atoms with Crippen LogP contribution in [-0.4, -0.2) is 286 Å². The van der Waals surface area contributed by atoms with Gasteiger partial charge in [0.1, 0.15) is 76.1 Å². The maximum Gasteiger partial charge on any atom is 0.303 e. The molecule has 106 heavy (non-hydrogen) atoms. The number of hydrogen-bond donors (Lipinski definition) is 5. The van der Waals surface area contributed by atoms with Crippen molar-refractivity contribution in [3.8, 4) is 17.2 Å². The summed E-state index contributed by atoms with van der Waals surface area (Å²) >= 11 is 0. The van der Waals surface area contributed by atoms with E-state index in [1.807, 2.05) is 0 Å². The first-order valence-corrected chi connectivity index (χ1v) is 34.1. The number of esters is 9. The molecule has 1 aromatic rings. The molecule has 5 N–H and O–H groups in total. The Bertz CT molecular complexity index is 2980. The van der Waals surface area contributed by atoms with Crippen LogP contribution < -0.4 is 35.5 Å². The Balaban J connectivity index is 1.38. The van der Waals surface area contributed by atoms with Gasteiger partial charge in [-0.05, 0) is 37.8 Å². The maximum atomic E-state index is 14.2. The zero-order valence-electron chi connectivity index (χ0n) is 61.2. The van der Waals surface area contributed by atoms with Gasteiger partial charge in [-0.2, -0.15) is 0 Å². The lowest BCUT2D eigenvalue weighted by Gasteiger charge is -2.44. The first-order chi connectivity index (χ1) is 50.3. The predicted octanol–water partition coefficient (Wildman–Crippen LogP) is -1.08. The Morgan fingerprint density at radius 2 is 0.642 bits per heavy atom. The van der Waals surface area contributed by atoms with Crippen LogP contribution in [0.2, 0.25) is 0 Å². The van der Waals surface area contributed by atoms with E-state index < -0.39 is 195 Å². The van der Waals surface area contributed by atoms with E-state index in [2.05, 4.69) is 21.3 Å². The molecule has 4 aliphatic rings. The van der Waals surface area contributed by atoms with E-state index in [0.29, 0.717) is 25.7 Å². The summed E-state index contributed by atoms with van der Waals surface area (Å²) in [5.41, 5.74) is 0.0423. The van der Waals surface area contributed by atoms with Gasteiger partial charge in [0.05, 0.1) is 65.6 Å². The first kappa shape index (κ1) is 88.0. The van der Waals surface area contributed by atoms with E-state index in [9.17, 15) is 67.4 Å². The standard InChI is InChI=1S/C67H98N4O35/c1-34(72)68-54-61(101-43(10)81)58(98-40(7)78)51(31-95-37(4)75)104-65(54)92-26-20-86-17-23-89-49-29-46(64(85)71-47-13-15-48(84)16-14-47)30-50(90-24-18-87-21-27-93-66-55(69-35(2)73)62(102-44(11)82)59(99-41(8)79)52(105-66)32-96-38(5)76)57(49)91-25-19-88-22-28-94-67-56(70-36(3)74)63(103-45(12)83)60(100-42(9)80)53(106-67)33-97-39(6)77/h29-30,47-48,51-56,58-63,65-67,84H,13-28,31-33H2,1-12H3,(H,68,72)(H,69,73)(H,70,74)(H,71,85)/t47-,48+,51-,52-,53-,54-,55-,56-,58+,59+,60+,61-,62-,63-,65-,66-,67-/m1/s1. The topological polar surface area (TPSA) is 484 Å². The van der Waals surface area contributed by atoms with E-state index in [0.717, 1.165) is 62.3 Å². The number of hydrogen-bond acceptors (Lipinski definition) is 35. The Labute approximate surface area is 610 Å². The summed E-state index contributed by atoms with van der Waals surface area (Å²) in [7, 11) is 0. The van der Waals surface area contributed by atoms with Crippen LogP contribution in [-0.2, 0) is 143 Å². The van der Waals surface area contributed by atoms with Gasteiger partial charge in [0.15, 0.2) is 67.0 Å². The van der Waals surface area contributed by atoms with Gasteiger partial charge in [-0.25, -0.2) is 0 Å². The third-order valence-corrected chi connectivity index (χ3v) is 15.5. The van der Waals surface area contributed by atoms with E-state index in [1.165, 1.54) is 32.9 Å². The lowest BCUT2D eigenvalue weighted by Crippen LogP contribution is -2.66. The summed E-state index contributed by atoms with van der Waals surface area (Å²) in [4.78, 5) is 161. The predicted molar refractivity (Wildman–Crippen MR) is 351 cm³/mol. The quantitative estimate of drug-likeness (QED) is 0.0296. The smallest absolute Gasteiger partial charge is 0.303 e. The molecule has 39 nitrogen and oxygen atoms in total. The largest absolute Gasteiger partial charge is 0.487 e. The molecule has 3 heterocycles. The molecule has 596 valence electrons. The van der Waals surface area contributed by atoms with E-state index in [-0.39, 0.29) is 108 Å². The van der Waals surface area contributed by atoms with Crippen LogP contribution in [0.3, 0.4) is 0 Å². The Morgan fingerprint density at radius 3 is 0.925 bits per heavy atom. The van der Waals surface area contributed by atoms with Crippen molar-refractivity contribution in [3.05, 3.63) is 17.7 Å². The summed E-state index contributed by atoms with van der Waals surface area (Å²) in [6.07, 6.45) is -14.9. The summed E-state index contributed by atoms with van der Waals surface area (Å²) in [6.45, 7) is 9.71. The summed E-state index contributed by atoms with van der Waals surface area (Å²) in [6, 6.07) is -1.30. The lowest BCUT2D eigenvalue weighted by molar-refractivity contribution is -0.279. The maximum absolute atomic E-state index is 14.2. The van der Waals surface area contributed by atoms with Crippen molar-refractivity contribution in [2.45, 2.75) is 213 Å². The molecule has 4 amide bonds. The van der Waals surface area contributed by atoms with Crippen molar-refractivity contribution >= 4 is 77.4 Å². The summed E-state index contributed by atoms with van der Waals surface area (Å²) in [5.74, 6) is -9.43. The molecule has 15 atom stereocenters. The molecule has 5 rings (SSSR count). The van der Waals surface area contributed by atoms with Gasteiger partial charge in [-0.1, -0.05) is 0 Å². The van der Waals surface area contributed by atoms with Gasteiger partial charge in [0, 0.05) is 94.7 Å². The zero-order valence-corrected chi connectivity index (χ0v) is 61.2. The minimum Gasteiger partial charge on any atom is -0.487 e. The monoisotopic (exact) mass is 1520 g/mol. The number of carbonyl (C=O) groups is 13. The van der Waals surface area contributed by atoms with Crippen LogP contribution in [0.5, 0.6) is 17.2 Å². The number of aliphatic hydroxyl groups is 1. The molecule has 1 aromatic carbocycles. The number of nitrogens with one attached hydrogen (secondary N) is 4. The van der Waals surface area contributed by atoms with Crippen LogP contribution in [0, 0.1) is 0 Å². The average molecular weight is 1520 g/mol. The third-order valence-electron chi connectivity index (χ3n) is 15.5. The molecule has 0 unspecified atom stereocenters. The molecular weight excluding hydrogens is 1420 g/mol. The normalized spacial score (nSPS) is 26.1. The van der Waals surface area contributed by atoms with Gasteiger partial charge in [0.25, 0.3) is 5.91 Å². The molecule has 0 aromatic heterocycles. The minimum atomic E-state index is -1.40. The van der Waals surface area contributed by atoms with Gasteiger partial charge in [-0.15, -0.1) is 0 Å². The SMILES string of the molecule is CC(=O)N[C@H]1[C@H](OCCOCCOc2cc(C(=O)N[C@H]3CC[C@@H](O)CC3)cc(OCCOCCO[C@@H]3O[C@H](COC(C)=O)[C@H](OC(C)=O)[C@H](OC(C)=O)[C@H]3NC(C)=O)c2OCCOCCO[C@@H]2O[C@H](COC(C)=O)[C@H](OC(C)=O)[C@H](OC(C)=O)[C@H]2NC(C)=O)O[C@H](COC(C)=O)[C@H](OC(C)=O)[C@@H]1OC(C)=O. The molecule has 1 aliphatic carbocycles. The number of aliphatic hydroxyl groups excluding tert-OH is 1. The van der Waals surface area contributed by atoms with Gasteiger partial charge < -0.3 is 126 Å². The number of rotatable bonds is 41. The number of carbonyl (C=O) groups excluding carboxylic acids is 13. The molecule has 4 fully saturated rings. The van der Waals surface area contributed by atoms with Crippen LogP contribution in [0.1, 0.15) is 119 Å². The van der Waals surface area contributed by atoms with E-state index in [4.69, 9.17) is 99.5 Å². The van der Waals surface area contributed by atoms with Crippen LogP contribution in [0.4, 0.5) is 0 Å². The van der Waals surface area contributed by atoms with Crippen molar-refractivity contribution in [3.63, 3.8) is 0 Å². The third kappa shape index (κ3) is 30.7. The second-order valence-corrected chi connectivity index (χ2v) is 24.4. The second kappa shape index (κ2) is 45.1.